The summed E-state index contributed by atoms with van der Waals surface area (Å²) in [6, 6.07) is 15.3. The summed E-state index contributed by atoms with van der Waals surface area (Å²) in [6.45, 7) is 4.05. The molecule has 0 aromatic heterocycles. The van der Waals surface area contributed by atoms with E-state index >= 15 is 0 Å². The van der Waals surface area contributed by atoms with E-state index in [1.807, 2.05) is 38.1 Å². The first-order chi connectivity index (χ1) is 16.9. The lowest BCUT2D eigenvalue weighted by Gasteiger charge is -2.30. The van der Waals surface area contributed by atoms with Crippen LogP contribution >= 0.6 is 0 Å². The van der Waals surface area contributed by atoms with Crippen LogP contribution in [0.1, 0.15) is 63.0 Å². The van der Waals surface area contributed by atoms with E-state index in [4.69, 9.17) is 4.74 Å². The van der Waals surface area contributed by atoms with Gasteiger partial charge in [0, 0.05) is 12.0 Å². The molecule has 4 atom stereocenters. The Morgan fingerprint density at radius 3 is 2.26 bits per heavy atom. The van der Waals surface area contributed by atoms with E-state index in [1.54, 1.807) is 0 Å². The molecule has 4 rings (SSSR count). The minimum atomic E-state index is -0.820. The fourth-order valence-corrected chi connectivity index (χ4v) is 5.31. The van der Waals surface area contributed by atoms with Crippen molar-refractivity contribution < 1.29 is 24.2 Å². The van der Waals surface area contributed by atoms with E-state index < -0.39 is 24.0 Å². The fourth-order valence-electron chi connectivity index (χ4n) is 5.31. The molecular weight excluding hydrogens is 444 g/mol. The first-order valence-electron chi connectivity index (χ1n) is 12.5. The summed E-state index contributed by atoms with van der Waals surface area (Å²) in [5.41, 5.74) is 4.56. The topological polar surface area (TPSA) is 105 Å². The number of carboxylic acids is 1. The average Bonchev–Trinajstić information content (AvgIpc) is 3.19. The van der Waals surface area contributed by atoms with Crippen LogP contribution in [0, 0.1) is 11.8 Å². The highest BCUT2D eigenvalue weighted by molar-refractivity contribution is 5.86. The zero-order valence-corrected chi connectivity index (χ0v) is 20.3. The van der Waals surface area contributed by atoms with Gasteiger partial charge in [-0.2, -0.15) is 0 Å². The summed E-state index contributed by atoms with van der Waals surface area (Å²) in [5.74, 6) is -1.71. The smallest absolute Gasteiger partial charge is 0.407 e. The first-order valence-corrected chi connectivity index (χ1v) is 12.5. The maximum Gasteiger partial charge on any atom is 0.407 e. The van der Waals surface area contributed by atoms with E-state index in [0.717, 1.165) is 35.1 Å². The maximum absolute atomic E-state index is 13.1. The average molecular weight is 479 g/mol. The molecule has 2 aliphatic carbocycles. The number of carbonyl (C=O) groups is 3. The van der Waals surface area contributed by atoms with Crippen LogP contribution in [0.25, 0.3) is 11.1 Å². The molecule has 0 heterocycles. The molecule has 2 aromatic rings. The highest BCUT2D eigenvalue weighted by Gasteiger charge is 2.33. The van der Waals surface area contributed by atoms with Crippen LogP contribution in [0.4, 0.5) is 4.79 Å². The predicted octanol–water partition coefficient (Wildman–Crippen LogP) is 4.70. The molecule has 35 heavy (non-hydrogen) atoms. The number of amides is 2. The van der Waals surface area contributed by atoms with Gasteiger partial charge in [0.15, 0.2) is 0 Å². The standard InChI is InChI=1S/C28H34N2O5/c1-3-17(2)25(26(31)29-19-10-8-9-18(15-19)27(32)33)30-28(34)35-16-24-22-13-6-4-11-20(22)21-12-5-7-14-23(21)24/h4-7,11-14,17-19,24-25H,3,8-10,15-16H2,1-2H3,(H,29,31)(H,30,34)(H,32,33)/t17?,18-,19+,25?/m0/s1. The van der Waals surface area contributed by atoms with Crippen molar-refractivity contribution in [3.8, 4) is 11.1 Å². The van der Waals surface area contributed by atoms with Gasteiger partial charge in [0.1, 0.15) is 12.6 Å². The van der Waals surface area contributed by atoms with Gasteiger partial charge in [0.25, 0.3) is 0 Å². The zero-order valence-electron chi connectivity index (χ0n) is 20.3. The predicted molar refractivity (Wildman–Crippen MR) is 133 cm³/mol. The number of nitrogens with one attached hydrogen (secondary N) is 2. The molecular formula is C28H34N2O5. The number of alkyl carbamates (subject to hydrolysis) is 1. The molecule has 2 aromatic carbocycles. The molecule has 2 amide bonds. The van der Waals surface area contributed by atoms with Crippen LogP contribution in [-0.2, 0) is 14.3 Å². The molecule has 0 spiro atoms. The molecule has 0 bridgehead atoms. The van der Waals surface area contributed by atoms with Crippen molar-refractivity contribution in [3.63, 3.8) is 0 Å². The maximum atomic E-state index is 13.1. The third-order valence-corrected chi connectivity index (χ3v) is 7.48. The van der Waals surface area contributed by atoms with Gasteiger partial charge >= 0.3 is 12.1 Å². The monoisotopic (exact) mass is 478 g/mol. The number of ether oxygens (including phenoxy) is 1. The van der Waals surface area contributed by atoms with E-state index in [9.17, 15) is 19.5 Å². The van der Waals surface area contributed by atoms with Gasteiger partial charge in [-0.3, -0.25) is 9.59 Å². The molecule has 2 unspecified atom stereocenters. The molecule has 1 saturated carbocycles. The Morgan fingerprint density at radius 1 is 1.03 bits per heavy atom. The molecule has 0 aliphatic heterocycles. The van der Waals surface area contributed by atoms with E-state index in [0.29, 0.717) is 19.3 Å². The Hall–Kier alpha value is -3.35. The van der Waals surface area contributed by atoms with Crippen LogP contribution in [0.5, 0.6) is 0 Å². The third-order valence-electron chi connectivity index (χ3n) is 7.48. The van der Waals surface area contributed by atoms with Crippen molar-refractivity contribution in [3.05, 3.63) is 59.7 Å². The zero-order chi connectivity index (χ0) is 24.9. The van der Waals surface area contributed by atoms with Crippen molar-refractivity contribution in [1.82, 2.24) is 10.6 Å². The normalized spacial score (nSPS) is 20.7. The SMILES string of the molecule is CCC(C)C(NC(=O)OCC1c2ccccc2-c2ccccc21)C(=O)N[C@@H]1CCC[C@H](C(=O)O)C1. The largest absolute Gasteiger partial charge is 0.481 e. The minimum Gasteiger partial charge on any atom is -0.481 e. The summed E-state index contributed by atoms with van der Waals surface area (Å²) in [5, 5.41) is 15.1. The summed E-state index contributed by atoms with van der Waals surface area (Å²) in [7, 11) is 0. The molecule has 1 fully saturated rings. The third kappa shape index (κ3) is 5.50. The van der Waals surface area contributed by atoms with E-state index in [-0.39, 0.29) is 30.4 Å². The van der Waals surface area contributed by atoms with Crippen molar-refractivity contribution >= 4 is 18.0 Å². The van der Waals surface area contributed by atoms with Gasteiger partial charge in [0.2, 0.25) is 5.91 Å². The van der Waals surface area contributed by atoms with Crippen molar-refractivity contribution in [2.45, 2.75) is 64.0 Å². The van der Waals surface area contributed by atoms with Gasteiger partial charge in [0.05, 0.1) is 5.92 Å². The second kappa shape index (κ2) is 10.9. The van der Waals surface area contributed by atoms with Gasteiger partial charge in [-0.1, -0.05) is 75.2 Å². The first kappa shape index (κ1) is 24.8. The van der Waals surface area contributed by atoms with Gasteiger partial charge < -0.3 is 20.5 Å². The highest BCUT2D eigenvalue weighted by Crippen LogP contribution is 2.44. The summed E-state index contributed by atoms with van der Waals surface area (Å²) in [6.07, 6.45) is 2.63. The molecule has 0 radical (unpaired) electrons. The van der Waals surface area contributed by atoms with Crippen LogP contribution < -0.4 is 10.6 Å². The van der Waals surface area contributed by atoms with Gasteiger partial charge in [-0.05, 0) is 47.4 Å². The second-order valence-corrected chi connectivity index (χ2v) is 9.74. The van der Waals surface area contributed by atoms with Crippen molar-refractivity contribution in [1.29, 1.82) is 0 Å². The lowest BCUT2D eigenvalue weighted by Crippen LogP contribution is -2.53. The molecule has 2 aliphatic rings. The van der Waals surface area contributed by atoms with Crippen LogP contribution in [0.2, 0.25) is 0 Å². The number of hydrogen-bond acceptors (Lipinski definition) is 4. The summed E-state index contributed by atoms with van der Waals surface area (Å²) < 4.78 is 5.65. The Kier molecular flexibility index (Phi) is 7.73. The van der Waals surface area contributed by atoms with Crippen LogP contribution in [0.3, 0.4) is 0 Å². The Morgan fingerprint density at radius 2 is 1.66 bits per heavy atom. The Balaban J connectivity index is 1.39. The van der Waals surface area contributed by atoms with Gasteiger partial charge in [-0.15, -0.1) is 0 Å². The van der Waals surface area contributed by atoms with Crippen LogP contribution in [-0.4, -0.2) is 41.8 Å². The number of carbonyl (C=O) groups excluding carboxylic acids is 2. The van der Waals surface area contributed by atoms with Crippen molar-refractivity contribution in [2.75, 3.05) is 6.61 Å². The van der Waals surface area contributed by atoms with Gasteiger partial charge in [-0.25, -0.2) is 4.79 Å². The lowest BCUT2D eigenvalue weighted by molar-refractivity contribution is -0.143. The Labute approximate surface area is 206 Å². The molecule has 7 nitrogen and oxygen atoms in total. The van der Waals surface area contributed by atoms with Crippen molar-refractivity contribution in [2.24, 2.45) is 11.8 Å². The quantitative estimate of drug-likeness (QED) is 0.510. The van der Waals surface area contributed by atoms with Crippen LogP contribution in [0.15, 0.2) is 48.5 Å². The second-order valence-electron chi connectivity index (χ2n) is 9.74. The van der Waals surface area contributed by atoms with E-state index in [1.165, 1.54) is 0 Å². The summed E-state index contributed by atoms with van der Waals surface area (Å²) in [4.78, 5) is 37.3. The molecule has 3 N–H and O–H groups in total. The number of hydrogen-bond donors (Lipinski definition) is 3. The summed E-state index contributed by atoms with van der Waals surface area (Å²) >= 11 is 0. The minimum absolute atomic E-state index is 0.0563. The number of benzene rings is 2. The number of aliphatic carboxylic acids is 1. The fraction of sp³-hybridized carbons (Fsp3) is 0.464. The molecule has 0 saturated heterocycles. The number of carboxylic acid groups (broad SMARTS) is 1. The molecule has 7 heteroatoms. The molecule has 186 valence electrons. The number of fused-ring (bicyclic) bond motifs is 3. The lowest BCUT2D eigenvalue weighted by atomic mass is 9.85. The van der Waals surface area contributed by atoms with E-state index in [2.05, 4.69) is 34.9 Å². The number of rotatable bonds is 8. The Bertz CT molecular complexity index is 1040. The highest BCUT2D eigenvalue weighted by atomic mass is 16.5.